The highest BCUT2D eigenvalue weighted by atomic mass is 31.2. The fourth-order valence-corrected chi connectivity index (χ4v) is 6.22. The van der Waals surface area contributed by atoms with Crippen molar-refractivity contribution in [3.05, 3.63) is 72.9 Å². The number of phosphoric ester groups is 1. The third-order valence-corrected chi connectivity index (χ3v) is 9.80. The molecule has 0 heterocycles. The van der Waals surface area contributed by atoms with Crippen LogP contribution < -0.4 is 5.32 Å². The SMILES string of the molecule is CCCCC/C=C\C/C=C\C/C=C\C/C=C\C/C=C\CCC(=O)OCC(COP(=O)(O)OCCNC)OC(=O)CCCCCCCCC/C=C\CCCCCC. The van der Waals surface area contributed by atoms with Gasteiger partial charge in [-0.25, -0.2) is 4.57 Å². The van der Waals surface area contributed by atoms with Crippen LogP contribution >= 0.6 is 7.82 Å². The summed E-state index contributed by atoms with van der Waals surface area (Å²) in [6.45, 7) is 4.08. The molecular formula is C46H80NO8P. The fraction of sp³-hybridized carbons (Fsp3) is 0.696. The summed E-state index contributed by atoms with van der Waals surface area (Å²) in [6, 6.07) is 0. The molecule has 0 aliphatic rings. The molecule has 0 aromatic rings. The van der Waals surface area contributed by atoms with Gasteiger partial charge in [0.15, 0.2) is 6.10 Å². The summed E-state index contributed by atoms with van der Waals surface area (Å²) in [6.07, 6.45) is 49.6. The van der Waals surface area contributed by atoms with Gasteiger partial charge in [0, 0.05) is 19.4 Å². The minimum absolute atomic E-state index is 0.0319. The normalized spacial score (nSPS) is 14.0. The first-order chi connectivity index (χ1) is 27.3. The van der Waals surface area contributed by atoms with Crippen LogP contribution in [0.3, 0.4) is 0 Å². The second-order valence-electron chi connectivity index (χ2n) is 14.2. The van der Waals surface area contributed by atoms with Gasteiger partial charge in [-0.3, -0.25) is 18.6 Å². The third-order valence-electron chi connectivity index (χ3n) is 8.81. The van der Waals surface area contributed by atoms with Crippen molar-refractivity contribution in [3.8, 4) is 0 Å². The second-order valence-corrected chi connectivity index (χ2v) is 15.6. The van der Waals surface area contributed by atoms with Crippen molar-refractivity contribution in [3.63, 3.8) is 0 Å². The number of phosphoric acid groups is 1. The van der Waals surface area contributed by atoms with Crippen molar-refractivity contribution >= 4 is 19.8 Å². The lowest BCUT2D eigenvalue weighted by molar-refractivity contribution is -0.161. The van der Waals surface area contributed by atoms with Gasteiger partial charge >= 0.3 is 19.8 Å². The van der Waals surface area contributed by atoms with Gasteiger partial charge in [-0.05, 0) is 84.1 Å². The van der Waals surface area contributed by atoms with Crippen LogP contribution in [-0.4, -0.2) is 56.3 Å². The maximum Gasteiger partial charge on any atom is 0.472 e. The predicted molar refractivity (Wildman–Crippen MR) is 233 cm³/mol. The van der Waals surface area contributed by atoms with Crippen molar-refractivity contribution in [2.45, 2.75) is 174 Å². The number of carbonyl (C=O) groups is 2. The number of allylic oxidation sites excluding steroid dienone is 12. The number of esters is 2. The van der Waals surface area contributed by atoms with Crippen LogP contribution in [0, 0.1) is 0 Å². The molecule has 322 valence electrons. The highest BCUT2D eigenvalue weighted by Crippen LogP contribution is 2.43. The molecule has 9 nitrogen and oxygen atoms in total. The van der Waals surface area contributed by atoms with Gasteiger partial charge in [0.05, 0.1) is 13.2 Å². The van der Waals surface area contributed by atoms with Crippen LogP contribution in [0.4, 0.5) is 0 Å². The molecule has 0 aromatic carbocycles. The van der Waals surface area contributed by atoms with Gasteiger partial charge in [0.1, 0.15) is 6.61 Å². The van der Waals surface area contributed by atoms with Crippen molar-refractivity contribution in [1.29, 1.82) is 0 Å². The van der Waals surface area contributed by atoms with Crippen LogP contribution in [0.2, 0.25) is 0 Å². The Bertz CT molecular complexity index is 1150. The Labute approximate surface area is 342 Å². The minimum atomic E-state index is -4.37. The quantitative estimate of drug-likeness (QED) is 0.0270. The molecule has 0 aliphatic heterocycles. The Balaban J connectivity index is 4.36. The first kappa shape index (κ1) is 53.5. The van der Waals surface area contributed by atoms with Crippen molar-refractivity contribution < 1.29 is 37.6 Å². The Morgan fingerprint density at radius 3 is 1.55 bits per heavy atom. The van der Waals surface area contributed by atoms with E-state index in [0.717, 1.165) is 51.4 Å². The maximum absolute atomic E-state index is 12.6. The van der Waals surface area contributed by atoms with E-state index in [9.17, 15) is 19.0 Å². The van der Waals surface area contributed by atoms with E-state index in [1.165, 1.54) is 77.0 Å². The van der Waals surface area contributed by atoms with E-state index in [1.54, 1.807) is 7.05 Å². The number of rotatable bonds is 40. The molecule has 0 bridgehead atoms. The average Bonchev–Trinajstić information content (AvgIpc) is 3.18. The van der Waals surface area contributed by atoms with E-state index >= 15 is 0 Å². The lowest BCUT2D eigenvalue weighted by atomic mass is 10.1. The van der Waals surface area contributed by atoms with E-state index in [2.05, 4.69) is 79.9 Å². The number of nitrogens with one attached hydrogen (secondary N) is 1. The van der Waals surface area contributed by atoms with Crippen LogP contribution in [0.25, 0.3) is 0 Å². The molecule has 0 fully saturated rings. The maximum atomic E-state index is 12.6. The minimum Gasteiger partial charge on any atom is -0.462 e. The summed E-state index contributed by atoms with van der Waals surface area (Å²) in [5, 5.41) is 2.81. The molecule has 56 heavy (non-hydrogen) atoms. The van der Waals surface area contributed by atoms with Crippen LogP contribution in [0.5, 0.6) is 0 Å². The van der Waals surface area contributed by atoms with Gasteiger partial charge < -0.3 is 19.7 Å². The van der Waals surface area contributed by atoms with Gasteiger partial charge in [-0.2, -0.15) is 0 Å². The molecule has 2 unspecified atom stereocenters. The first-order valence-electron chi connectivity index (χ1n) is 21.9. The molecule has 0 saturated heterocycles. The molecule has 0 rings (SSSR count). The highest BCUT2D eigenvalue weighted by molar-refractivity contribution is 7.47. The largest absolute Gasteiger partial charge is 0.472 e. The molecule has 0 radical (unpaired) electrons. The van der Waals surface area contributed by atoms with Crippen LogP contribution in [0.1, 0.15) is 168 Å². The summed E-state index contributed by atoms with van der Waals surface area (Å²) in [5.41, 5.74) is 0. The van der Waals surface area contributed by atoms with Crippen LogP contribution in [0.15, 0.2) is 72.9 Å². The van der Waals surface area contributed by atoms with E-state index in [1.807, 2.05) is 12.2 Å². The molecule has 0 aromatic heterocycles. The number of ether oxygens (including phenoxy) is 2. The zero-order valence-electron chi connectivity index (χ0n) is 35.6. The van der Waals surface area contributed by atoms with Crippen LogP contribution in [-0.2, 0) is 32.7 Å². The zero-order valence-corrected chi connectivity index (χ0v) is 36.5. The Morgan fingerprint density at radius 1 is 0.554 bits per heavy atom. The first-order valence-corrected chi connectivity index (χ1v) is 23.4. The smallest absolute Gasteiger partial charge is 0.462 e. The van der Waals surface area contributed by atoms with E-state index in [0.29, 0.717) is 19.4 Å². The van der Waals surface area contributed by atoms with Gasteiger partial charge in [0.2, 0.25) is 0 Å². The fourth-order valence-electron chi connectivity index (χ4n) is 5.47. The Kier molecular flexibility index (Phi) is 40.2. The van der Waals surface area contributed by atoms with Crippen molar-refractivity contribution in [2.75, 3.05) is 33.4 Å². The molecular weight excluding hydrogens is 725 g/mol. The molecule has 0 saturated carbocycles. The summed E-state index contributed by atoms with van der Waals surface area (Å²) in [7, 11) is -2.68. The van der Waals surface area contributed by atoms with E-state index < -0.39 is 32.5 Å². The highest BCUT2D eigenvalue weighted by Gasteiger charge is 2.26. The summed E-state index contributed by atoms with van der Waals surface area (Å²) < 4.78 is 33.1. The van der Waals surface area contributed by atoms with Gasteiger partial charge in [0.25, 0.3) is 0 Å². The predicted octanol–water partition coefficient (Wildman–Crippen LogP) is 12.5. The zero-order chi connectivity index (χ0) is 41.1. The number of hydrogen-bond donors (Lipinski definition) is 2. The Morgan fingerprint density at radius 2 is 1.00 bits per heavy atom. The molecule has 0 aliphatic carbocycles. The lowest BCUT2D eigenvalue weighted by Crippen LogP contribution is -2.29. The monoisotopic (exact) mass is 806 g/mol. The second kappa shape index (κ2) is 42.1. The third kappa shape index (κ3) is 41.1. The molecule has 10 heteroatoms. The Hall–Kier alpha value is -2.55. The van der Waals surface area contributed by atoms with E-state index in [-0.39, 0.29) is 26.1 Å². The lowest BCUT2D eigenvalue weighted by Gasteiger charge is -2.20. The standard InChI is InChI=1S/C46H80NO8P/c1-4-6-8-10-12-14-16-18-20-21-22-23-25-26-28-30-32-34-36-38-45(48)52-42-44(43-54-56(50,51)53-41-40-47-3)55-46(49)39-37-35-33-31-29-27-24-19-17-15-13-11-9-7-5-2/h12,14-15,17-18,20,22-23,26,28,32,34,44,47H,4-11,13,16,19,21,24-25,27,29-31,33,35-43H2,1-3H3,(H,50,51)/b14-12-,17-15-,20-18-,23-22-,28-26-,34-32-. The van der Waals surface area contributed by atoms with Crippen molar-refractivity contribution in [2.24, 2.45) is 0 Å². The number of likely N-dealkylation sites (N-methyl/N-ethyl adjacent to an activating group) is 1. The van der Waals surface area contributed by atoms with Gasteiger partial charge in [-0.15, -0.1) is 0 Å². The average molecular weight is 806 g/mol. The topological polar surface area (TPSA) is 120 Å². The molecule has 0 amide bonds. The van der Waals surface area contributed by atoms with Gasteiger partial charge in [-0.1, -0.05) is 151 Å². The van der Waals surface area contributed by atoms with Crippen molar-refractivity contribution in [1.82, 2.24) is 5.32 Å². The molecule has 2 N–H and O–H groups in total. The summed E-state index contributed by atoms with van der Waals surface area (Å²) in [5.74, 6) is -0.913. The van der Waals surface area contributed by atoms with E-state index in [4.69, 9.17) is 18.5 Å². The molecule has 2 atom stereocenters. The number of unbranched alkanes of at least 4 members (excludes halogenated alkanes) is 14. The molecule has 0 spiro atoms. The summed E-state index contributed by atoms with van der Waals surface area (Å²) >= 11 is 0. The summed E-state index contributed by atoms with van der Waals surface area (Å²) in [4.78, 5) is 35.0. The number of hydrogen-bond acceptors (Lipinski definition) is 8. The number of carbonyl (C=O) groups excluding carboxylic acids is 2.